The molecule has 0 aliphatic heterocycles. The van der Waals surface area contributed by atoms with Crippen molar-refractivity contribution in [3.63, 3.8) is 0 Å². The van der Waals surface area contributed by atoms with Gasteiger partial charge in [0.15, 0.2) is 0 Å². The SMILES string of the molecule is CC=CC(=O)[S-].[Ag+]. The van der Waals surface area contributed by atoms with Crippen molar-refractivity contribution >= 4 is 17.7 Å². The van der Waals surface area contributed by atoms with Crippen LogP contribution in [-0.4, -0.2) is 5.12 Å². The maximum Gasteiger partial charge on any atom is 1.00 e. The molecular formula is C4H5AgOS. The van der Waals surface area contributed by atoms with Crippen LogP contribution in [0.15, 0.2) is 12.2 Å². The number of hydrogen-bond donors (Lipinski definition) is 0. The van der Waals surface area contributed by atoms with E-state index in [9.17, 15) is 4.79 Å². The van der Waals surface area contributed by atoms with Gasteiger partial charge in [0.2, 0.25) is 0 Å². The van der Waals surface area contributed by atoms with E-state index in [1.54, 1.807) is 13.0 Å². The molecule has 0 spiro atoms. The summed E-state index contributed by atoms with van der Waals surface area (Å²) < 4.78 is 0. The zero-order valence-corrected chi connectivity index (χ0v) is 6.07. The molecule has 0 aliphatic carbocycles. The molecule has 0 aromatic carbocycles. The van der Waals surface area contributed by atoms with Gasteiger partial charge in [0.1, 0.15) is 0 Å². The Morgan fingerprint density at radius 3 is 2.14 bits per heavy atom. The van der Waals surface area contributed by atoms with E-state index in [2.05, 4.69) is 12.6 Å². The first-order chi connectivity index (χ1) is 2.77. The monoisotopic (exact) mass is 208 g/mol. The van der Waals surface area contributed by atoms with E-state index < -0.39 is 0 Å². The van der Waals surface area contributed by atoms with Gasteiger partial charge in [0, 0.05) is 5.12 Å². The smallest absolute Gasteiger partial charge is 0.737 e. The van der Waals surface area contributed by atoms with E-state index in [1.807, 2.05) is 0 Å². The van der Waals surface area contributed by atoms with Gasteiger partial charge in [-0.05, 0) is 13.0 Å². The molecule has 3 heteroatoms. The largest absolute Gasteiger partial charge is 1.00 e. The Hall–Kier alpha value is 0.370. The van der Waals surface area contributed by atoms with Gasteiger partial charge >= 0.3 is 22.4 Å². The second-order valence-corrected chi connectivity index (χ2v) is 1.22. The van der Waals surface area contributed by atoms with Crippen molar-refractivity contribution < 1.29 is 27.2 Å². The molecule has 0 amide bonds. The van der Waals surface area contributed by atoms with Gasteiger partial charge in [-0.1, -0.05) is 6.08 Å². The first-order valence-electron chi connectivity index (χ1n) is 1.61. The maximum absolute atomic E-state index is 9.77. The normalized spacial score (nSPS) is 8.14. The number of carbonyl (C=O) groups excluding carboxylic acids is 1. The van der Waals surface area contributed by atoms with Crippen LogP contribution in [0, 0.1) is 0 Å². The zero-order valence-electron chi connectivity index (χ0n) is 3.77. The van der Waals surface area contributed by atoms with E-state index in [1.165, 1.54) is 6.08 Å². The molecular weight excluding hydrogens is 204 g/mol. The van der Waals surface area contributed by atoms with Crippen molar-refractivity contribution in [3.8, 4) is 0 Å². The zero-order chi connectivity index (χ0) is 4.99. The van der Waals surface area contributed by atoms with Gasteiger partial charge in [-0.25, -0.2) is 0 Å². The van der Waals surface area contributed by atoms with Crippen LogP contribution in [-0.2, 0) is 39.8 Å². The molecule has 0 radical (unpaired) electrons. The molecule has 7 heavy (non-hydrogen) atoms. The topological polar surface area (TPSA) is 17.1 Å². The van der Waals surface area contributed by atoms with Crippen molar-refractivity contribution in [1.82, 2.24) is 0 Å². The predicted molar refractivity (Wildman–Crippen MR) is 27.2 cm³/mol. The van der Waals surface area contributed by atoms with Crippen LogP contribution in [0.4, 0.5) is 0 Å². The first kappa shape index (κ1) is 10.4. The van der Waals surface area contributed by atoms with Gasteiger partial charge in [0.25, 0.3) is 0 Å². The Balaban J connectivity index is 0. The minimum Gasteiger partial charge on any atom is -0.737 e. The number of hydrogen-bond acceptors (Lipinski definition) is 2. The molecule has 0 fully saturated rings. The fourth-order valence-electron chi connectivity index (χ4n) is 0.136. The van der Waals surface area contributed by atoms with Crippen molar-refractivity contribution in [3.05, 3.63) is 12.2 Å². The minimum atomic E-state index is -0.308. The number of rotatable bonds is 1. The molecule has 0 aromatic heterocycles. The van der Waals surface area contributed by atoms with E-state index in [4.69, 9.17) is 0 Å². The summed E-state index contributed by atoms with van der Waals surface area (Å²) in [6.07, 6.45) is 2.96. The molecule has 0 saturated carbocycles. The van der Waals surface area contributed by atoms with Crippen LogP contribution >= 0.6 is 0 Å². The molecule has 0 heterocycles. The third kappa shape index (κ3) is 10.7. The second kappa shape index (κ2) is 6.37. The second-order valence-electron chi connectivity index (χ2n) is 0.819. The molecule has 0 aliphatic rings. The van der Waals surface area contributed by atoms with E-state index in [0.717, 1.165) is 0 Å². The minimum absolute atomic E-state index is 0. The van der Waals surface area contributed by atoms with E-state index in [-0.39, 0.29) is 27.5 Å². The van der Waals surface area contributed by atoms with Crippen LogP contribution in [0.5, 0.6) is 0 Å². The molecule has 0 N–H and O–H groups in total. The number of allylic oxidation sites excluding steroid dienone is 1. The molecule has 0 aromatic rings. The summed E-state index contributed by atoms with van der Waals surface area (Å²) in [7, 11) is 0. The van der Waals surface area contributed by atoms with Crippen LogP contribution in [0.2, 0.25) is 0 Å². The van der Waals surface area contributed by atoms with Crippen LogP contribution in [0.25, 0.3) is 0 Å². The Labute approximate surface area is 64.1 Å². The molecule has 0 atom stereocenters. The predicted octanol–water partition coefficient (Wildman–Crippen LogP) is 0.634. The van der Waals surface area contributed by atoms with Gasteiger partial charge in [-0.15, -0.1) is 0 Å². The molecule has 0 rings (SSSR count). The molecule has 0 saturated heterocycles. The number of carbonyl (C=O) groups is 1. The van der Waals surface area contributed by atoms with E-state index in [0.29, 0.717) is 0 Å². The van der Waals surface area contributed by atoms with Gasteiger partial charge in [-0.2, -0.15) is 0 Å². The van der Waals surface area contributed by atoms with Crippen molar-refractivity contribution in [2.24, 2.45) is 0 Å². The Morgan fingerprint density at radius 1 is 1.71 bits per heavy atom. The summed E-state index contributed by atoms with van der Waals surface area (Å²) in [6, 6.07) is 0. The van der Waals surface area contributed by atoms with E-state index >= 15 is 0 Å². The Bertz CT molecular complexity index is 79.8. The summed E-state index contributed by atoms with van der Waals surface area (Å²) in [5, 5.41) is -0.308. The Kier molecular flexibility index (Phi) is 9.44. The van der Waals surface area contributed by atoms with Crippen molar-refractivity contribution in [2.75, 3.05) is 0 Å². The van der Waals surface area contributed by atoms with Gasteiger partial charge < -0.3 is 17.4 Å². The van der Waals surface area contributed by atoms with Crippen molar-refractivity contribution in [1.29, 1.82) is 0 Å². The fraction of sp³-hybridized carbons (Fsp3) is 0.250. The fourth-order valence-corrected chi connectivity index (χ4v) is 0.272. The molecule has 0 bridgehead atoms. The molecule has 44 valence electrons. The summed E-state index contributed by atoms with van der Waals surface area (Å²) in [6.45, 7) is 1.75. The third-order valence-corrected chi connectivity index (χ3v) is 0.439. The quantitative estimate of drug-likeness (QED) is 0.358. The molecule has 0 unspecified atom stereocenters. The van der Waals surface area contributed by atoms with Crippen molar-refractivity contribution in [2.45, 2.75) is 6.92 Å². The third-order valence-electron chi connectivity index (χ3n) is 0.303. The van der Waals surface area contributed by atoms with Crippen LogP contribution in [0.3, 0.4) is 0 Å². The molecule has 1 nitrogen and oxygen atoms in total. The average molecular weight is 209 g/mol. The maximum atomic E-state index is 9.77. The summed E-state index contributed by atoms with van der Waals surface area (Å²) in [4.78, 5) is 9.77. The van der Waals surface area contributed by atoms with Gasteiger partial charge in [0.05, 0.1) is 0 Å². The summed E-state index contributed by atoms with van der Waals surface area (Å²) in [5.74, 6) is 0. The average Bonchev–Trinajstić information content (AvgIpc) is 1.35. The standard InChI is InChI=1S/C4H6OS.Ag/c1-2-3-4(5)6;/h2-3H,1H3,(H,5,6);/q;+1/p-1. The van der Waals surface area contributed by atoms with Gasteiger partial charge in [-0.3, -0.25) is 0 Å². The first-order valence-corrected chi connectivity index (χ1v) is 2.02. The van der Waals surface area contributed by atoms with Crippen LogP contribution < -0.4 is 0 Å². The Morgan fingerprint density at radius 2 is 2.14 bits per heavy atom. The van der Waals surface area contributed by atoms with Crippen LogP contribution in [0.1, 0.15) is 6.92 Å². The summed E-state index contributed by atoms with van der Waals surface area (Å²) in [5.41, 5.74) is 0. The summed E-state index contributed by atoms with van der Waals surface area (Å²) >= 11 is 4.15.